The standard InChI is InChI=1S/C21H27IO2/c1-2-20-9-7-17-16-6-4-15(23)13-14(16)3-5-18(17)19(20)8-10-21(20,24)11-12-22/h4,6,11-13,17-19,23-24H,2-3,5,7-10H2,1H3/b12-11-/t17-,18-,19+,20+,21-/m1/s1. The molecule has 24 heavy (non-hydrogen) atoms. The normalized spacial score (nSPS) is 41.0. The maximum Gasteiger partial charge on any atom is 0.115 e. The van der Waals surface area contributed by atoms with E-state index in [-0.39, 0.29) is 5.41 Å². The topological polar surface area (TPSA) is 40.5 Å². The lowest BCUT2D eigenvalue weighted by molar-refractivity contribution is -0.0857. The molecule has 130 valence electrons. The van der Waals surface area contributed by atoms with Crippen molar-refractivity contribution in [3.8, 4) is 5.75 Å². The van der Waals surface area contributed by atoms with E-state index in [9.17, 15) is 10.2 Å². The van der Waals surface area contributed by atoms with Gasteiger partial charge in [-0.15, -0.1) is 0 Å². The van der Waals surface area contributed by atoms with Crippen LogP contribution in [0.2, 0.25) is 0 Å². The lowest BCUT2D eigenvalue weighted by Crippen LogP contribution is -2.51. The summed E-state index contributed by atoms with van der Waals surface area (Å²) in [6, 6.07) is 5.98. The van der Waals surface area contributed by atoms with E-state index in [1.807, 2.05) is 16.2 Å². The van der Waals surface area contributed by atoms with Crippen molar-refractivity contribution in [1.82, 2.24) is 0 Å². The molecule has 0 amide bonds. The molecule has 0 aliphatic heterocycles. The van der Waals surface area contributed by atoms with Crippen LogP contribution in [0.15, 0.2) is 28.4 Å². The Morgan fingerprint density at radius 1 is 1.25 bits per heavy atom. The molecule has 2 saturated carbocycles. The van der Waals surface area contributed by atoms with Crippen LogP contribution in [0.3, 0.4) is 0 Å². The number of benzene rings is 1. The molecule has 5 atom stereocenters. The number of aryl methyl sites for hydroxylation is 1. The molecule has 3 heteroatoms. The van der Waals surface area contributed by atoms with Gasteiger partial charge in [-0.3, -0.25) is 0 Å². The summed E-state index contributed by atoms with van der Waals surface area (Å²) in [5.41, 5.74) is 2.26. The third-order valence-corrected chi connectivity index (χ3v) is 7.95. The number of fused-ring (bicyclic) bond motifs is 5. The van der Waals surface area contributed by atoms with Crippen LogP contribution < -0.4 is 0 Å². The SMILES string of the molecule is CC[C@]12CC[C@@H]3c4ccc(O)cc4CC[C@H]3[C@@H]1CC[C@@]2(O)/C=C\I. The van der Waals surface area contributed by atoms with E-state index in [1.165, 1.54) is 24.0 Å². The molecule has 3 aliphatic rings. The summed E-state index contributed by atoms with van der Waals surface area (Å²) < 4.78 is 2.02. The first-order valence-electron chi connectivity index (χ1n) is 9.37. The van der Waals surface area contributed by atoms with Crippen molar-refractivity contribution >= 4 is 22.6 Å². The van der Waals surface area contributed by atoms with E-state index in [0.29, 0.717) is 23.5 Å². The van der Waals surface area contributed by atoms with E-state index in [2.05, 4.69) is 41.7 Å². The molecule has 0 saturated heterocycles. The number of aromatic hydroxyl groups is 1. The first-order valence-corrected chi connectivity index (χ1v) is 10.6. The van der Waals surface area contributed by atoms with Crippen LogP contribution in [-0.4, -0.2) is 15.8 Å². The van der Waals surface area contributed by atoms with Gasteiger partial charge in [0.25, 0.3) is 0 Å². The van der Waals surface area contributed by atoms with Gasteiger partial charge in [-0.1, -0.05) is 35.6 Å². The lowest BCUT2D eigenvalue weighted by atomic mass is 9.52. The Kier molecular flexibility index (Phi) is 4.23. The predicted molar refractivity (Wildman–Crippen MR) is 105 cm³/mol. The van der Waals surface area contributed by atoms with E-state index in [0.717, 1.165) is 32.1 Å². The molecular weight excluding hydrogens is 411 g/mol. The molecule has 2 N–H and O–H groups in total. The van der Waals surface area contributed by atoms with E-state index >= 15 is 0 Å². The molecule has 2 fully saturated rings. The largest absolute Gasteiger partial charge is 0.508 e. The highest BCUT2D eigenvalue weighted by Gasteiger charge is 2.61. The minimum Gasteiger partial charge on any atom is -0.508 e. The maximum absolute atomic E-state index is 11.4. The molecule has 0 radical (unpaired) electrons. The molecule has 0 unspecified atom stereocenters. The van der Waals surface area contributed by atoms with Crippen molar-refractivity contribution in [2.75, 3.05) is 0 Å². The van der Waals surface area contributed by atoms with Gasteiger partial charge in [-0.2, -0.15) is 0 Å². The molecule has 3 aliphatic carbocycles. The summed E-state index contributed by atoms with van der Waals surface area (Å²) in [7, 11) is 0. The minimum absolute atomic E-state index is 0.0598. The number of hydrogen-bond acceptors (Lipinski definition) is 2. The summed E-state index contributed by atoms with van der Waals surface area (Å²) in [5.74, 6) is 2.33. The second kappa shape index (κ2) is 6.01. The van der Waals surface area contributed by atoms with Crippen molar-refractivity contribution in [2.24, 2.45) is 17.3 Å². The molecule has 1 aromatic rings. The number of phenolic OH excluding ortho intramolecular Hbond substituents is 1. The van der Waals surface area contributed by atoms with Crippen molar-refractivity contribution < 1.29 is 10.2 Å². The highest BCUT2D eigenvalue weighted by molar-refractivity contribution is 14.1. The summed E-state index contributed by atoms with van der Waals surface area (Å²) in [4.78, 5) is 0. The fourth-order valence-corrected chi connectivity index (χ4v) is 7.13. The summed E-state index contributed by atoms with van der Waals surface area (Å²) >= 11 is 2.25. The van der Waals surface area contributed by atoms with E-state index < -0.39 is 5.60 Å². The van der Waals surface area contributed by atoms with Crippen LogP contribution in [0.25, 0.3) is 0 Å². The van der Waals surface area contributed by atoms with Crippen molar-refractivity contribution in [2.45, 2.75) is 63.4 Å². The smallest absolute Gasteiger partial charge is 0.115 e. The quantitative estimate of drug-likeness (QED) is 0.614. The number of halogens is 1. The van der Waals surface area contributed by atoms with Crippen LogP contribution in [0, 0.1) is 17.3 Å². The number of aliphatic hydroxyl groups is 1. The first-order chi connectivity index (χ1) is 11.5. The van der Waals surface area contributed by atoms with Gasteiger partial charge in [0.05, 0.1) is 5.60 Å². The van der Waals surface area contributed by atoms with E-state index in [4.69, 9.17) is 0 Å². The molecule has 2 nitrogen and oxygen atoms in total. The summed E-state index contributed by atoms with van der Waals surface area (Å²) in [5, 5.41) is 21.2. The zero-order chi connectivity index (χ0) is 16.9. The van der Waals surface area contributed by atoms with Crippen LogP contribution in [-0.2, 0) is 6.42 Å². The van der Waals surface area contributed by atoms with Crippen LogP contribution in [0.5, 0.6) is 5.75 Å². The van der Waals surface area contributed by atoms with Gasteiger partial charge < -0.3 is 10.2 Å². The first kappa shape index (κ1) is 16.9. The van der Waals surface area contributed by atoms with Crippen molar-refractivity contribution in [3.63, 3.8) is 0 Å². The van der Waals surface area contributed by atoms with Gasteiger partial charge >= 0.3 is 0 Å². The van der Waals surface area contributed by atoms with Gasteiger partial charge in [0.15, 0.2) is 0 Å². The molecular formula is C21H27IO2. The minimum atomic E-state index is -0.617. The summed E-state index contributed by atoms with van der Waals surface area (Å²) in [6.07, 6.45) is 9.78. The number of hydrogen-bond donors (Lipinski definition) is 2. The van der Waals surface area contributed by atoms with Crippen LogP contribution in [0.1, 0.15) is 62.5 Å². The molecule has 0 spiro atoms. The number of phenols is 1. The van der Waals surface area contributed by atoms with Crippen LogP contribution in [0.4, 0.5) is 0 Å². The van der Waals surface area contributed by atoms with Gasteiger partial charge in [-0.05, 0) is 96.1 Å². The maximum atomic E-state index is 11.4. The van der Waals surface area contributed by atoms with Crippen molar-refractivity contribution in [3.05, 3.63) is 39.5 Å². The van der Waals surface area contributed by atoms with Gasteiger partial charge in [0.1, 0.15) is 5.75 Å². The Hall–Kier alpha value is -0.550. The second-order valence-electron chi connectivity index (χ2n) is 8.10. The Morgan fingerprint density at radius 2 is 2.08 bits per heavy atom. The number of rotatable bonds is 2. The Balaban J connectivity index is 1.72. The molecule has 0 heterocycles. The second-order valence-corrected chi connectivity index (χ2v) is 8.82. The average molecular weight is 438 g/mol. The van der Waals surface area contributed by atoms with Gasteiger partial charge in [0.2, 0.25) is 0 Å². The zero-order valence-corrected chi connectivity index (χ0v) is 16.5. The lowest BCUT2D eigenvalue weighted by Gasteiger charge is -2.54. The monoisotopic (exact) mass is 438 g/mol. The molecule has 1 aromatic carbocycles. The average Bonchev–Trinajstić information content (AvgIpc) is 2.88. The highest BCUT2D eigenvalue weighted by atomic mass is 127. The Labute approximate surface area is 158 Å². The fourth-order valence-electron chi connectivity index (χ4n) is 6.53. The molecule has 0 aromatic heterocycles. The van der Waals surface area contributed by atoms with E-state index in [1.54, 1.807) is 0 Å². The third-order valence-electron chi connectivity index (χ3n) is 7.59. The molecule has 4 rings (SSSR count). The van der Waals surface area contributed by atoms with Crippen LogP contribution >= 0.6 is 22.6 Å². The highest BCUT2D eigenvalue weighted by Crippen LogP contribution is 2.66. The zero-order valence-electron chi connectivity index (χ0n) is 14.3. The van der Waals surface area contributed by atoms with Gasteiger partial charge in [0, 0.05) is 5.41 Å². The Bertz CT molecular complexity index is 670. The van der Waals surface area contributed by atoms with Gasteiger partial charge in [-0.25, -0.2) is 0 Å². The third kappa shape index (κ3) is 2.23. The Morgan fingerprint density at radius 3 is 2.83 bits per heavy atom. The molecule has 0 bridgehead atoms. The fraction of sp³-hybridized carbons (Fsp3) is 0.619. The van der Waals surface area contributed by atoms with Crippen molar-refractivity contribution in [1.29, 1.82) is 0 Å². The summed E-state index contributed by atoms with van der Waals surface area (Å²) in [6.45, 7) is 2.28. The predicted octanol–water partition coefficient (Wildman–Crippen LogP) is 5.32.